The summed E-state index contributed by atoms with van der Waals surface area (Å²) in [7, 11) is 3.19. The van der Waals surface area contributed by atoms with Crippen LogP contribution in [0.25, 0.3) is 0 Å². The number of hydrogen-bond donors (Lipinski definition) is 4. The second kappa shape index (κ2) is 9.22. The number of aliphatic imine (C=N–C) groups is 1. The molecule has 0 atom stereocenters. The van der Waals surface area contributed by atoms with E-state index in [1.54, 1.807) is 14.2 Å². The van der Waals surface area contributed by atoms with Gasteiger partial charge in [0.1, 0.15) is 0 Å². The average molecular weight is 217 g/mol. The molecule has 0 bridgehead atoms. The van der Waals surface area contributed by atoms with Crippen molar-refractivity contribution in [3.05, 3.63) is 0 Å². The van der Waals surface area contributed by atoms with Crippen molar-refractivity contribution in [1.82, 2.24) is 16.1 Å². The Labute approximate surface area is 89.4 Å². The minimum Gasteiger partial charge on any atom is -0.383 e. The highest BCUT2D eigenvalue weighted by atomic mass is 16.5. The molecule has 0 rings (SSSR count). The predicted octanol–water partition coefficient (Wildman–Crippen LogP) is -1.82. The molecule has 7 heteroatoms. The van der Waals surface area contributed by atoms with Gasteiger partial charge >= 0.3 is 0 Å². The second-order valence-corrected chi connectivity index (χ2v) is 2.74. The topological polar surface area (TPSA) is 101 Å². The summed E-state index contributed by atoms with van der Waals surface area (Å²) in [6.45, 7) is 1.53. The molecule has 0 saturated carbocycles. The zero-order chi connectivity index (χ0) is 11.5. The molecular weight excluding hydrogens is 198 g/mol. The Bertz CT molecular complexity index is 207. The maximum atomic E-state index is 11.2. The van der Waals surface area contributed by atoms with Crippen LogP contribution >= 0.6 is 0 Å². The van der Waals surface area contributed by atoms with Gasteiger partial charge in [0.25, 0.3) is 0 Å². The van der Waals surface area contributed by atoms with Gasteiger partial charge in [-0.2, -0.15) is 0 Å². The van der Waals surface area contributed by atoms with Crippen LogP contribution in [0.15, 0.2) is 4.99 Å². The largest absolute Gasteiger partial charge is 0.383 e. The molecule has 1 amide bonds. The van der Waals surface area contributed by atoms with Gasteiger partial charge in [0.15, 0.2) is 0 Å². The van der Waals surface area contributed by atoms with Gasteiger partial charge in [0.2, 0.25) is 11.9 Å². The number of hydrogen-bond acceptors (Lipinski definition) is 4. The van der Waals surface area contributed by atoms with E-state index in [4.69, 9.17) is 10.6 Å². The SMILES string of the molecule is CN=C(NN)NCCC(=O)NCCOC. The number of nitrogens with two attached hydrogens (primary N) is 1. The molecule has 0 aromatic rings. The molecule has 0 unspecified atom stereocenters. The molecule has 0 aliphatic heterocycles. The second-order valence-electron chi connectivity index (χ2n) is 2.74. The van der Waals surface area contributed by atoms with E-state index in [2.05, 4.69) is 21.1 Å². The summed E-state index contributed by atoms with van der Waals surface area (Å²) in [5, 5.41) is 5.56. The van der Waals surface area contributed by atoms with Crippen LogP contribution in [-0.4, -0.2) is 45.7 Å². The Kier molecular flexibility index (Phi) is 8.40. The van der Waals surface area contributed by atoms with E-state index in [-0.39, 0.29) is 5.91 Å². The maximum Gasteiger partial charge on any atom is 0.221 e. The summed E-state index contributed by atoms with van der Waals surface area (Å²) >= 11 is 0. The summed E-state index contributed by atoms with van der Waals surface area (Å²) in [5.74, 6) is 5.56. The standard InChI is InChI=1S/C8H19N5O2/c1-10-8(13-9)12-4-3-7(14)11-5-6-15-2/h3-6,9H2,1-2H3,(H,11,14)(H2,10,12,13). The number of nitrogens with one attached hydrogen (secondary N) is 3. The summed E-state index contributed by atoms with van der Waals surface area (Å²) in [6, 6.07) is 0. The zero-order valence-electron chi connectivity index (χ0n) is 9.17. The number of methoxy groups -OCH3 is 1. The lowest BCUT2D eigenvalue weighted by molar-refractivity contribution is -0.121. The van der Waals surface area contributed by atoms with Gasteiger partial charge in [-0.15, -0.1) is 0 Å². The van der Waals surface area contributed by atoms with Crippen molar-refractivity contribution in [1.29, 1.82) is 0 Å². The van der Waals surface area contributed by atoms with Crippen molar-refractivity contribution in [2.75, 3.05) is 33.9 Å². The molecule has 0 aliphatic rings. The fraction of sp³-hybridized carbons (Fsp3) is 0.750. The van der Waals surface area contributed by atoms with Crippen LogP contribution in [0.3, 0.4) is 0 Å². The van der Waals surface area contributed by atoms with Crippen LogP contribution in [0.2, 0.25) is 0 Å². The van der Waals surface area contributed by atoms with Gasteiger partial charge in [0.05, 0.1) is 6.61 Å². The Morgan fingerprint density at radius 1 is 1.40 bits per heavy atom. The molecule has 0 heterocycles. The summed E-state index contributed by atoms with van der Waals surface area (Å²) in [6.07, 6.45) is 0.365. The van der Waals surface area contributed by atoms with E-state index >= 15 is 0 Å². The molecule has 0 saturated heterocycles. The molecule has 0 aliphatic carbocycles. The minimum atomic E-state index is -0.0352. The fourth-order valence-electron chi connectivity index (χ4n) is 0.870. The average Bonchev–Trinajstić information content (AvgIpc) is 2.25. The van der Waals surface area contributed by atoms with Gasteiger partial charge in [-0.05, 0) is 0 Å². The number of rotatable bonds is 6. The first-order valence-electron chi connectivity index (χ1n) is 4.67. The number of nitrogens with zero attached hydrogens (tertiary/aromatic N) is 1. The van der Waals surface area contributed by atoms with Crippen LogP contribution in [0.5, 0.6) is 0 Å². The number of amides is 1. The molecule has 7 nitrogen and oxygen atoms in total. The van der Waals surface area contributed by atoms with Crippen molar-refractivity contribution in [2.45, 2.75) is 6.42 Å². The van der Waals surface area contributed by atoms with Crippen molar-refractivity contribution >= 4 is 11.9 Å². The third kappa shape index (κ3) is 7.71. The third-order valence-corrected chi connectivity index (χ3v) is 1.63. The zero-order valence-corrected chi connectivity index (χ0v) is 9.17. The molecule has 0 radical (unpaired) electrons. The van der Waals surface area contributed by atoms with Gasteiger partial charge in [0, 0.05) is 33.7 Å². The van der Waals surface area contributed by atoms with Crippen LogP contribution in [0.4, 0.5) is 0 Å². The van der Waals surface area contributed by atoms with E-state index < -0.39 is 0 Å². The first-order chi connectivity index (χ1) is 7.24. The molecule has 0 spiro atoms. The number of guanidine groups is 1. The minimum absolute atomic E-state index is 0.0352. The molecule has 5 N–H and O–H groups in total. The normalized spacial score (nSPS) is 11.0. The lowest BCUT2D eigenvalue weighted by Crippen LogP contribution is -2.42. The third-order valence-electron chi connectivity index (χ3n) is 1.63. The molecule has 0 aromatic carbocycles. The van der Waals surface area contributed by atoms with E-state index in [1.165, 1.54) is 0 Å². The maximum absolute atomic E-state index is 11.2. The Morgan fingerprint density at radius 3 is 2.67 bits per heavy atom. The van der Waals surface area contributed by atoms with Gasteiger partial charge in [-0.25, -0.2) is 5.84 Å². The van der Waals surface area contributed by atoms with Crippen LogP contribution < -0.4 is 21.9 Å². The molecular formula is C8H19N5O2. The summed E-state index contributed by atoms with van der Waals surface area (Å²) in [4.78, 5) is 15.0. The van der Waals surface area contributed by atoms with E-state index in [0.29, 0.717) is 32.1 Å². The van der Waals surface area contributed by atoms with Gasteiger partial charge < -0.3 is 15.4 Å². The number of hydrazine groups is 1. The van der Waals surface area contributed by atoms with Crippen molar-refractivity contribution in [2.24, 2.45) is 10.8 Å². The first-order valence-corrected chi connectivity index (χ1v) is 4.67. The molecule has 15 heavy (non-hydrogen) atoms. The first kappa shape index (κ1) is 13.7. The van der Waals surface area contributed by atoms with E-state index in [1.807, 2.05) is 0 Å². The predicted molar refractivity (Wildman–Crippen MR) is 58.2 cm³/mol. The Balaban J connectivity index is 3.46. The van der Waals surface area contributed by atoms with Crippen LogP contribution in [-0.2, 0) is 9.53 Å². The van der Waals surface area contributed by atoms with Crippen LogP contribution in [0, 0.1) is 0 Å². The number of ether oxygens (including phenoxy) is 1. The smallest absolute Gasteiger partial charge is 0.221 e. The fourth-order valence-corrected chi connectivity index (χ4v) is 0.870. The van der Waals surface area contributed by atoms with E-state index in [9.17, 15) is 4.79 Å². The quantitative estimate of drug-likeness (QED) is 0.138. The highest BCUT2D eigenvalue weighted by Gasteiger charge is 2.00. The molecule has 88 valence electrons. The number of carbonyl (C=O) groups excluding carboxylic acids is 1. The summed E-state index contributed by atoms with van der Waals surface area (Å²) < 4.78 is 4.79. The van der Waals surface area contributed by atoms with Crippen molar-refractivity contribution in [3.63, 3.8) is 0 Å². The molecule has 0 aromatic heterocycles. The molecule has 0 fully saturated rings. The Morgan fingerprint density at radius 2 is 2.13 bits per heavy atom. The van der Waals surface area contributed by atoms with Crippen LogP contribution in [0.1, 0.15) is 6.42 Å². The van der Waals surface area contributed by atoms with Gasteiger partial charge in [-0.1, -0.05) is 0 Å². The summed E-state index contributed by atoms with van der Waals surface area (Å²) in [5.41, 5.74) is 2.36. The van der Waals surface area contributed by atoms with E-state index in [0.717, 1.165) is 0 Å². The highest BCUT2D eigenvalue weighted by molar-refractivity contribution is 5.80. The Hall–Kier alpha value is -1.34. The number of carbonyl (C=O) groups is 1. The lowest BCUT2D eigenvalue weighted by Gasteiger charge is -2.08. The highest BCUT2D eigenvalue weighted by Crippen LogP contribution is 1.77. The lowest BCUT2D eigenvalue weighted by atomic mass is 10.4. The monoisotopic (exact) mass is 217 g/mol. The van der Waals surface area contributed by atoms with Crippen molar-refractivity contribution in [3.8, 4) is 0 Å². The van der Waals surface area contributed by atoms with Crippen molar-refractivity contribution < 1.29 is 9.53 Å². The van der Waals surface area contributed by atoms with Gasteiger partial charge in [-0.3, -0.25) is 15.2 Å².